The normalized spacial score (nSPS) is 11.7. The van der Waals surface area contributed by atoms with Crippen molar-refractivity contribution in [3.63, 3.8) is 0 Å². The van der Waals surface area contributed by atoms with Crippen LogP contribution in [0.2, 0.25) is 0 Å². The zero-order chi connectivity index (χ0) is 21.9. The highest BCUT2D eigenvalue weighted by molar-refractivity contribution is 5.84. The third-order valence-electron chi connectivity index (χ3n) is 5.30. The van der Waals surface area contributed by atoms with Crippen LogP contribution in [-0.2, 0) is 29.7 Å². The molecule has 7 nitrogen and oxygen atoms in total. The monoisotopic (exact) mass is 414 g/mol. The summed E-state index contributed by atoms with van der Waals surface area (Å²) < 4.78 is 7.18. The van der Waals surface area contributed by atoms with Gasteiger partial charge in [0.25, 0.3) is 0 Å². The molecule has 1 N–H and O–H groups in total. The number of methoxy groups -OCH3 is 1. The molecule has 0 aliphatic carbocycles. The summed E-state index contributed by atoms with van der Waals surface area (Å²) in [7, 11) is 3.57. The van der Waals surface area contributed by atoms with Gasteiger partial charge in [0.15, 0.2) is 0 Å². The van der Waals surface area contributed by atoms with Gasteiger partial charge in [0.1, 0.15) is 6.54 Å². The van der Waals surface area contributed by atoms with Gasteiger partial charge < -0.3 is 24.4 Å². The highest BCUT2D eigenvalue weighted by Crippen LogP contribution is 2.10. The molecule has 2 rings (SSSR count). The Hall–Kier alpha value is -2.80. The van der Waals surface area contributed by atoms with Gasteiger partial charge in [-0.15, -0.1) is 0 Å². The van der Waals surface area contributed by atoms with E-state index < -0.39 is 0 Å². The molecule has 1 aromatic carbocycles. The van der Waals surface area contributed by atoms with Gasteiger partial charge >= 0.3 is 6.03 Å². The molecule has 1 heterocycles. The van der Waals surface area contributed by atoms with Crippen molar-refractivity contribution in [1.29, 1.82) is 0 Å². The molecule has 30 heavy (non-hydrogen) atoms. The van der Waals surface area contributed by atoms with E-state index in [9.17, 15) is 9.59 Å². The number of hydrogen-bond donors (Lipinski definition) is 1. The maximum atomic E-state index is 13.1. The van der Waals surface area contributed by atoms with Crippen LogP contribution in [0.3, 0.4) is 0 Å². The molecule has 1 atom stereocenters. The number of aryl methyl sites for hydroxylation is 1. The fourth-order valence-corrected chi connectivity index (χ4v) is 3.12. The number of aromatic nitrogens is 1. The van der Waals surface area contributed by atoms with Crippen molar-refractivity contribution in [3.8, 4) is 0 Å². The first-order valence-corrected chi connectivity index (χ1v) is 10.4. The summed E-state index contributed by atoms with van der Waals surface area (Å²) in [6.45, 7) is 5.83. The minimum Gasteiger partial charge on any atom is -0.383 e. The zero-order valence-corrected chi connectivity index (χ0v) is 18.5. The molecule has 7 heteroatoms. The predicted molar refractivity (Wildman–Crippen MR) is 118 cm³/mol. The van der Waals surface area contributed by atoms with Crippen LogP contribution >= 0.6 is 0 Å². The highest BCUT2D eigenvalue weighted by atomic mass is 16.5. The molecular weight excluding hydrogens is 380 g/mol. The van der Waals surface area contributed by atoms with Crippen LogP contribution in [0, 0.1) is 0 Å². The molecule has 1 unspecified atom stereocenters. The number of benzene rings is 1. The van der Waals surface area contributed by atoms with Crippen LogP contribution in [0.5, 0.6) is 0 Å². The predicted octanol–water partition coefficient (Wildman–Crippen LogP) is 3.01. The number of carbonyl (C=O) groups excluding carboxylic acids is 2. The van der Waals surface area contributed by atoms with E-state index in [0.717, 1.165) is 17.7 Å². The lowest BCUT2D eigenvalue weighted by atomic mass is 10.2. The fourth-order valence-electron chi connectivity index (χ4n) is 3.12. The molecule has 0 bridgehead atoms. The van der Waals surface area contributed by atoms with E-state index >= 15 is 0 Å². The van der Waals surface area contributed by atoms with Gasteiger partial charge in [0.05, 0.1) is 13.2 Å². The fraction of sp³-hybridized carbons (Fsp3) is 0.478. The van der Waals surface area contributed by atoms with E-state index in [2.05, 4.69) is 5.32 Å². The number of hydrogen-bond acceptors (Lipinski definition) is 3. The summed E-state index contributed by atoms with van der Waals surface area (Å²) in [4.78, 5) is 29.4. The molecule has 0 radical (unpaired) electrons. The Kier molecular flexibility index (Phi) is 9.41. The summed E-state index contributed by atoms with van der Waals surface area (Å²) in [5.41, 5.74) is 2.05. The molecule has 0 aliphatic heterocycles. The smallest absolute Gasteiger partial charge is 0.318 e. The standard InChI is InChI=1S/C23H34N4O3/c1-5-19(2)27(23(29)24-16-20-10-7-6-8-11-20)18-22(28)26(14-15-30-4)17-21-12-9-13-25(21)3/h6-13,19H,5,14-18H2,1-4H3,(H,24,29). The Morgan fingerprint density at radius 2 is 1.90 bits per heavy atom. The van der Waals surface area contributed by atoms with Gasteiger partial charge in [-0.25, -0.2) is 4.79 Å². The molecule has 0 fully saturated rings. The van der Waals surface area contributed by atoms with Crippen molar-refractivity contribution in [2.75, 3.05) is 26.8 Å². The number of nitrogens with one attached hydrogen (secondary N) is 1. The number of rotatable bonds is 11. The quantitative estimate of drug-likeness (QED) is 0.615. The first-order chi connectivity index (χ1) is 14.5. The zero-order valence-electron chi connectivity index (χ0n) is 18.5. The van der Waals surface area contributed by atoms with E-state index in [-0.39, 0.29) is 24.5 Å². The molecule has 2 aromatic rings. The molecule has 0 saturated carbocycles. The average Bonchev–Trinajstić information content (AvgIpc) is 3.17. The number of urea groups is 1. The summed E-state index contributed by atoms with van der Waals surface area (Å²) in [5, 5.41) is 2.94. The van der Waals surface area contributed by atoms with Crippen molar-refractivity contribution in [1.82, 2.24) is 19.7 Å². The number of nitrogens with zero attached hydrogens (tertiary/aromatic N) is 3. The van der Waals surface area contributed by atoms with Gasteiger partial charge in [0, 0.05) is 45.2 Å². The van der Waals surface area contributed by atoms with Crippen LogP contribution in [0.4, 0.5) is 4.79 Å². The van der Waals surface area contributed by atoms with Crippen molar-refractivity contribution in [2.24, 2.45) is 7.05 Å². The highest BCUT2D eigenvalue weighted by Gasteiger charge is 2.25. The van der Waals surface area contributed by atoms with Crippen LogP contribution in [0.1, 0.15) is 31.5 Å². The lowest BCUT2D eigenvalue weighted by Crippen LogP contribution is -2.50. The number of ether oxygens (including phenoxy) is 1. The van der Waals surface area contributed by atoms with Crippen molar-refractivity contribution >= 4 is 11.9 Å². The van der Waals surface area contributed by atoms with E-state index in [1.165, 1.54) is 0 Å². The van der Waals surface area contributed by atoms with Gasteiger partial charge in [-0.3, -0.25) is 4.79 Å². The molecule has 0 spiro atoms. The van der Waals surface area contributed by atoms with Crippen molar-refractivity contribution in [3.05, 3.63) is 59.9 Å². The third-order valence-corrected chi connectivity index (χ3v) is 5.30. The van der Waals surface area contributed by atoms with E-state index in [0.29, 0.717) is 26.2 Å². The SMILES string of the molecule is CCC(C)N(CC(=O)N(CCOC)Cc1cccn1C)C(=O)NCc1ccccc1. The molecule has 0 aliphatic rings. The maximum Gasteiger partial charge on any atom is 0.318 e. The lowest BCUT2D eigenvalue weighted by molar-refractivity contribution is -0.133. The number of carbonyl (C=O) groups is 2. The Morgan fingerprint density at radius 3 is 2.50 bits per heavy atom. The van der Waals surface area contributed by atoms with Crippen molar-refractivity contribution in [2.45, 2.75) is 39.4 Å². The Labute approximate surface area is 179 Å². The third kappa shape index (κ3) is 6.91. The van der Waals surface area contributed by atoms with Crippen molar-refractivity contribution < 1.29 is 14.3 Å². The van der Waals surface area contributed by atoms with Crippen LogP contribution in [0.15, 0.2) is 48.7 Å². The first-order valence-electron chi connectivity index (χ1n) is 10.4. The van der Waals surface area contributed by atoms with Gasteiger partial charge in [-0.05, 0) is 31.0 Å². The molecule has 1 aromatic heterocycles. The topological polar surface area (TPSA) is 66.8 Å². The Balaban J connectivity index is 2.06. The van der Waals surface area contributed by atoms with E-state index in [1.807, 2.05) is 74.1 Å². The summed E-state index contributed by atoms with van der Waals surface area (Å²) in [6, 6.07) is 13.4. The van der Waals surface area contributed by atoms with E-state index in [1.54, 1.807) is 16.9 Å². The molecule has 0 saturated heterocycles. The van der Waals surface area contributed by atoms with Gasteiger partial charge in [-0.2, -0.15) is 0 Å². The minimum atomic E-state index is -0.230. The van der Waals surface area contributed by atoms with Gasteiger partial charge in [-0.1, -0.05) is 37.3 Å². The average molecular weight is 415 g/mol. The minimum absolute atomic E-state index is 0.0315. The van der Waals surface area contributed by atoms with Crippen LogP contribution in [-0.4, -0.2) is 59.2 Å². The second-order valence-electron chi connectivity index (χ2n) is 7.45. The first kappa shape index (κ1) is 23.5. The number of amides is 3. The summed E-state index contributed by atoms with van der Waals surface area (Å²) in [6.07, 6.45) is 2.72. The Morgan fingerprint density at radius 1 is 1.17 bits per heavy atom. The molecular formula is C23H34N4O3. The summed E-state index contributed by atoms with van der Waals surface area (Å²) >= 11 is 0. The largest absolute Gasteiger partial charge is 0.383 e. The summed E-state index contributed by atoms with van der Waals surface area (Å²) in [5.74, 6) is -0.0941. The lowest BCUT2D eigenvalue weighted by Gasteiger charge is -2.31. The maximum absolute atomic E-state index is 13.1. The van der Waals surface area contributed by atoms with Crippen LogP contribution in [0.25, 0.3) is 0 Å². The molecule has 164 valence electrons. The van der Waals surface area contributed by atoms with Crippen LogP contribution < -0.4 is 5.32 Å². The second kappa shape index (κ2) is 12.0. The Bertz CT molecular complexity index is 791. The van der Waals surface area contributed by atoms with Gasteiger partial charge in [0.2, 0.25) is 5.91 Å². The van der Waals surface area contributed by atoms with E-state index in [4.69, 9.17) is 4.74 Å². The molecule has 3 amide bonds. The second-order valence-corrected chi connectivity index (χ2v) is 7.45.